The topological polar surface area (TPSA) is 90.4 Å². The molecule has 1 spiro atoms. The van der Waals surface area contributed by atoms with Crippen LogP contribution in [0.1, 0.15) is 52.0 Å². The number of aliphatic hydroxyl groups excluding tert-OH is 1. The van der Waals surface area contributed by atoms with Gasteiger partial charge in [-0.3, -0.25) is 14.4 Å². The number of aryl methyl sites for hydroxylation is 1. The molecule has 3 aliphatic heterocycles. The third kappa shape index (κ3) is 4.58. The molecule has 218 valence electrons. The van der Waals surface area contributed by atoms with Crippen LogP contribution in [0.5, 0.6) is 0 Å². The summed E-state index contributed by atoms with van der Waals surface area (Å²) in [6.45, 7) is 16.1. The number of nitrogens with zero attached hydrogens (tertiary/aromatic N) is 3. The maximum absolute atomic E-state index is 14.7. The maximum atomic E-state index is 14.7. The lowest BCUT2D eigenvalue weighted by Crippen LogP contribution is -2.59. The van der Waals surface area contributed by atoms with Gasteiger partial charge in [-0.25, -0.2) is 0 Å². The zero-order valence-corrected chi connectivity index (χ0v) is 24.8. The van der Waals surface area contributed by atoms with Gasteiger partial charge in [-0.05, 0) is 51.2 Å². The monoisotopic (exact) mass is 571 g/mol. The van der Waals surface area contributed by atoms with Crippen molar-refractivity contribution >= 4 is 35.0 Å². The van der Waals surface area contributed by atoms with E-state index in [9.17, 15) is 19.5 Å². The normalized spacial score (nSPS) is 29.3. The Morgan fingerprint density at radius 2 is 1.93 bits per heavy atom. The third-order valence-corrected chi connectivity index (χ3v) is 9.29. The Hall–Kier alpha value is -2.68. The first-order chi connectivity index (χ1) is 19.1. The Morgan fingerprint density at radius 1 is 1.23 bits per heavy atom. The second kappa shape index (κ2) is 11.7. The number of para-hydroxylation sites is 1. The average Bonchev–Trinajstić information content (AvgIpc) is 3.49. The lowest BCUT2D eigenvalue weighted by Gasteiger charge is -2.39. The van der Waals surface area contributed by atoms with Gasteiger partial charge in [0, 0.05) is 19.6 Å². The van der Waals surface area contributed by atoms with Gasteiger partial charge < -0.3 is 24.5 Å². The molecule has 1 aromatic rings. The van der Waals surface area contributed by atoms with Crippen LogP contribution in [0.4, 0.5) is 5.69 Å². The van der Waals surface area contributed by atoms with E-state index in [2.05, 4.69) is 13.2 Å². The van der Waals surface area contributed by atoms with E-state index >= 15 is 0 Å². The molecule has 3 amide bonds. The first-order valence-electron chi connectivity index (χ1n) is 14.3. The van der Waals surface area contributed by atoms with Crippen molar-refractivity contribution in [3.05, 3.63) is 54.1 Å². The van der Waals surface area contributed by atoms with Gasteiger partial charge in [0.15, 0.2) is 0 Å². The van der Waals surface area contributed by atoms with Crippen molar-refractivity contribution in [3.8, 4) is 0 Å². The van der Waals surface area contributed by atoms with E-state index in [4.69, 9.17) is 16.3 Å². The number of anilines is 1. The summed E-state index contributed by atoms with van der Waals surface area (Å²) in [5.74, 6) is -2.40. The van der Waals surface area contributed by atoms with Crippen LogP contribution in [0.25, 0.3) is 0 Å². The molecule has 9 heteroatoms. The van der Waals surface area contributed by atoms with Crippen molar-refractivity contribution in [1.82, 2.24) is 9.80 Å². The Kier molecular flexibility index (Phi) is 8.83. The highest BCUT2D eigenvalue weighted by Crippen LogP contribution is 2.64. The van der Waals surface area contributed by atoms with Crippen LogP contribution in [-0.2, 0) is 19.1 Å². The van der Waals surface area contributed by atoms with Crippen molar-refractivity contribution in [2.24, 2.45) is 11.8 Å². The number of rotatable bonds is 12. The molecule has 3 heterocycles. The summed E-state index contributed by atoms with van der Waals surface area (Å²) >= 11 is 6.62. The van der Waals surface area contributed by atoms with Gasteiger partial charge >= 0.3 is 0 Å². The molecular weight excluding hydrogens is 530 g/mol. The molecule has 1 N–H and O–H groups in total. The summed E-state index contributed by atoms with van der Waals surface area (Å²) < 4.78 is 6.79. The Bertz CT molecular complexity index is 1170. The van der Waals surface area contributed by atoms with Gasteiger partial charge in [-0.2, -0.15) is 0 Å². The summed E-state index contributed by atoms with van der Waals surface area (Å²) in [6, 6.07) is 3.79. The van der Waals surface area contributed by atoms with E-state index in [0.29, 0.717) is 43.1 Å². The van der Waals surface area contributed by atoms with E-state index in [1.807, 2.05) is 39.8 Å². The molecule has 3 saturated heterocycles. The minimum atomic E-state index is -1.20. The molecule has 0 aliphatic carbocycles. The molecule has 8 nitrogen and oxygen atoms in total. The Labute approximate surface area is 242 Å². The molecule has 1 aromatic carbocycles. The van der Waals surface area contributed by atoms with Crippen LogP contribution in [-0.4, -0.2) is 82.2 Å². The van der Waals surface area contributed by atoms with Gasteiger partial charge in [-0.15, -0.1) is 13.2 Å². The smallest absolute Gasteiger partial charge is 0.253 e. The number of hydrogen-bond donors (Lipinski definition) is 1. The number of halogens is 1. The summed E-state index contributed by atoms with van der Waals surface area (Å²) in [6.07, 6.45) is 5.51. The molecule has 3 aliphatic rings. The van der Waals surface area contributed by atoms with Crippen LogP contribution in [0, 0.1) is 18.8 Å². The summed E-state index contributed by atoms with van der Waals surface area (Å²) in [4.78, 5) is 48.1. The molecular formula is C31H42ClN3O5. The van der Waals surface area contributed by atoms with Crippen LogP contribution in [0.2, 0.25) is 5.02 Å². The number of fused-ring (bicyclic) bond motifs is 1. The van der Waals surface area contributed by atoms with Gasteiger partial charge in [0.25, 0.3) is 5.91 Å². The molecule has 0 radical (unpaired) electrons. The van der Waals surface area contributed by atoms with Crippen molar-refractivity contribution in [2.75, 3.05) is 31.1 Å². The van der Waals surface area contributed by atoms with Crippen LogP contribution >= 0.6 is 11.6 Å². The lowest BCUT2D eigenvalue weighted by molar-refractivity contribution is -0.152. The quantitative estimate of drug-likeness (QED) is 0.381. The molecule has 3 fully saturated rings. The molecule has 0 aromatic heterocycles. The minimum absolute atomic E-state index is 0.154. The standard InChI is InChI=1S/C31H42ClN3O5/c1-7-16-33(17-8-2)27(37)23-24-28(38)35(21(10-4)19-36)26(31(24)15-14-30(23,6)40-31)29(39)34(18-9-3)25-20(5)12-11-13-22(25)32/h7,9,11-13,21,23-24,26,36H,1,3,8,10,14-19H2,2,4-6H3/t21-,23+,24-,26?,30-,31?/m0/s1. The average molecular weight is 572 g/mol. The van der Waals surface area contributed by atoms with Gasteiger partial charge in [0.05, 0.1) is 40.8 Å². The molecule has 6 atom stereocenters. The highest BCUT2D eigenvalue weighted by atomic mass is 35.5. The second-order valence-corrected chi connectivity index (χ2v) is 11.8. The summed E-state index contributed by atoms with van der Waals surface area (Å²) in [7, 11) is 0. The van der Waals surface area contributed by atoms with E-state index in [-0.39, 0.29) is 30.9 Å². The number of benzene rings is 1. The van der Waals surface area contributed by atoms with Crippen LogP contribution in [0.3, 0.4) is 0 Å². The van der Waals surface area contributed by atoms with Crippen LogP contribution < -0.4 is 4.90 Å². The van der Waals surface area contributed by atoms with Gasteiger partial charge in [0.2, 0.25) is 11.8 Å². The number of aliphatic hydroxyl groups is 1. The summed E-state index contributed by atoms with van der Waals surface area (Å²) in [5.41, 5.74) is -0.741. The van der Waals surface area contributed by atoms with E-state index in [0.717, 1.165) is 12.0 Å². The van der Waals surface area contributed by atoms with E-state index in [1.54, 1.807) is 28.0 Å². The predicted octanol–water partition coefficient (Wildman–Crippen LogP) is 4.13. The fraction of sp³-hybridized carbons (Fsp3) is 0.581. The molecule has 2 bridgehead atoms. The number of carbonyl (C=O) groups is 3. The summed E-state index contributed by atoms with van der Waals surface area (Å²) in [5, 5.41) is 10.8. The van der Waals surface area contributed by atoms with E-state index in [1.165, 1.54) is 4.90 Å². The number of amides is 3. The predicted molar refractivity (Wildman–Crippen MR) is 156 cm³/mol. The first-order valence-corrected chi connectivity index (χ1v) is 14.6. The zero-order valence-electron chi connectivity index (χ0n) is 24.1. The van der Waals surface area contributed by atoms with Gasteiger partial charge in [0.1, 0.15) is 11.6 Å². The minimum Gasteiger partial charge on any atom is -0.394 e. The maximum Gasteiger partial charge on any atom is 0.253 e. The third-order valence-electron chi connectivity index (χ3n) is 8.98. The zero-order chi connectivity index (χ0) is 29.4. The van der Waals surface area contributed by atoms with Crippen molar-refractivity contribution < 1.29 is 24.2 Å². The second-order valence-electron chi connectivity index (χ2n) is 11.4. The highest BCUT2D eigenvalue weighted by molar-refractivity contribution is 6.34. The number of carbonyl (C=O) groups excluding carboxylic acids is 3. The number of ether oxygens (including phenoxy) is 1. The molecule has 0 saturated carbocycles. The highest BCUT2D eigenvalue weighted by Gasteiger charge is 2.78. The van der Waals surface area contributed by atoms with Gasteiger partial charge in [-0.1, -0.05) is 49.7 Å². The van der Waals surface area contributed by atoms with Crippen molar-refractivity contribution in [2.45, 2.75) is 76.7 Å². The number of hydrogen-bond acceptors (Lipinski definition) is 5. The molecule has 2 unspecified atom stereocenters. The number of likely N-dealkylation sites (tertiary alicyclic amines) is 1. The fourth-order valence-corrected chi connectivity index (χ4v) is 7.60. The van der Waals surface area contributed by atoms with Crippen molar-refractivity contribution in [3.63, 3.8) is 0 Å². The Balaban J connectivity index is 1.87. The van der Waals surface area contributed by atoms with Crippen molar-refractivity contribution in [1.29, 1.82) is 0 Å². The molecule has 40 heavy (non-hydrogen) atoms. The fourth-order valence-electron chi connectivity index (χ4n) is 7.27. The van der Waals surface area contributed by atoms with E-state index < -0.39 is 35.1 Å². The Morgan fingerprint density at radius 3 is 2.50 bits per heavy atom. The largest absolute Gasteiger partial charge is 0.394 e. The molecule has 4 rings (SSSR count). The SMILES string of the molecule is C=CCN(CCC)C(=O)[C@H]1[C@H]2C(=O)N([C@@H](CC)CO)C(C(=O)N(CC=C)c3c(C)cccc3Cl)C23CC[C@]1(C)O3. The first kappa shape index (κ1) is 30.3. The lowest BCUT2D eigenvalue weighted by atomic mass is 9.66. The van der Waals surface area contributed by atoms with Crippen LogP contribution in [0.15, 0.2) is 43.5 Å².